The molecule has 0 radical (unpaired) electrons. The zero-order valence-corrected chi connectivity index (χ0v) is 49.6. The lowest BCUT2D eigenvalue weighted by molar-refractivity contribution is -0.137. The van der Waals surface area contributed by atoms with E-state index in [2.05, 4.69) is 30.8 Å². The Labute approximate surface area is 506 Å². The average molecular weight is 1200 g/mol. The number of hydrogen-bond acceptors (Lipinski definition) is 15. The number of carbonyl (C=O) groups excluding carboxylic acids is 5. The van der Waals surface area contributed by atoms with E-state index in [9.17, 15) is 24.0 Å². The number of piperidine rings is 2. The summed E-state index contributed by atoms with van der Waals surface area (Å²) >= 11 is 6.43. The molecule has 0 spiro atoms. The van der Waals surface area contributed by atoms with Crippen molar-refractivity contribution in [2.24, 2.45) is 0 Å². The van der Waals surface area contributed by atoms with Crippen LogP contribution in [0.3, 0.4) is 0 Å². The molecule has 456 valence electrons. The van der Waals surface area contributed by atoms with Gasteiger partial charge in [-0.25, -0.2) is 19.4 Å². The van der Waals surface area contributed by atoms with Crippen LogP contribution in [0.4, 0.5) is 16.3 Å². The third-order valence-electron chi connectivity index (χ3n) is 15.4. The molecule has 2 saturated heterocycles. The summed E-state index contributed by atoms with van der Waals surface area (Å²) < 4.78 is 30.8. The summed E-state index contributed by atoms with van der Waals surface area (Å²) in [4.78, 5) is 77.6. The zero-order valence-electron chi connectivity index (χ0n) is 48.9. The number of unbranched alkanes of at least 4 members (excludes halogenated alkanes) is 5. The van der Waals surface area contributed by atoms with Gasteiger partial charge in [0.2, 0.25) is 17.7 Å². The molecule has 0 saturated carbocycles. The van der Waals surface area contributed by atoms with E-state index < -0.39 is 11.9 Å². The SMILES string of the molecule is CN(C/C=C/C(=O)N1CCC[C@@H](n2nc(-c3ccc(Oc4ccccc4)cc3)c3c(N)ncnc32)C1)CCOCCOCCOCCOCCCCCCCCc1cc(Cl)cc(NC(=O)NCc2ccc3c(c2)CN(C2CCC(=O)NC2=O)C3=O)c1. The number of nitrogens with zero attached hydrogens (tertiary/aromatic N) is 7. The summed E-state index contributed by atoms with van der Waals surface area (Å²) in [5.74, 6) is 0.764. The van der Waals surface area contributed by atoms with Crippen LogP contribution in [0.2, 0.25) is 5.02 Å². The van der Waals surface area contributed by atoms with Crippen molar-refractivity contribution in [3.63, 3.8) is 0 Å². The molecule has 22 heteroatoms. The lowest BCUT2D eigenvalue weighted by atomic mass is 10.0. The summed E-state index contributed by atoms with van der Waals surface area (Å²) in [6.07, 6.45) is 14.5. The summed E-state index contributed by atoms with van der Waals surface area (Å²) in [6.45, 7) is 7.25. The molecule has 0 aliphatic carbocycles. The second-order valence-electron chi connectivity index (χ2n) is 21.8. The first-order chi connectivity index (χ1) is 41.9. The standard InChI is InChI=1S/C64H78ClN11O10/c1-73(26-12-17-57(78)74-27-11-14-51(43-74)76-61-58(60(66)68-44-69-61)59(72-76)47-19-21-53(22-20-47)86-52-15-8-6-9-16-52)28-30-83-32-34-85-36-35-84-33-31-82-29-10-5-3-2-4-7-13-45-38-49(65)40-50(39-45)70-64(81)67-41-46-18-23-54-48(37-46)42-75(63(54)80)55-24-25-56(77)71-62(55)79/h6,8-9,12,15-23,37-40,44,51,55H,2-5,7,10-11,13-14,24-36,41-43H2,1H3,(H2,66,68,69)(H2,67,70,81)(H,71,77,79)/b17-12+/t51-,55?/m1/s1. The number of benzene rings is 4. The van der Waals surface area contributed by atoms with E-state index in [1.165, 1.54) is 11.2 Å². The van der Waals surface area contributed by atoms with Crippen molar-refractivity contribution in [2.45, 2.75) is 95.8 Å². The molecule has 6 aromatic rings. The van der Waals surface area contributed by atoms with Crippen LogP contribution in [0, 0.1) is 0 Å². The number of imide groups is 1. The number of anilines is 2. The van der Waals surface area contributed by atoms with E-state index in [0.717, 1.165) is 85.8 Å². The van der Waals surface area contributed by atoms with Gasteiger partial charge in [0.15, 0.2) is 5.65 Å². The molecular weight excluding hydrogens is 1120 g/mol. The highest BCUT2D eigenvalue weighted by atomic mass is 35.5. The number of aromatic nitrogens is 4. The van der Waals surface area contributed by atoms with Crippen molar-refractivity contribution >= 4 is 63.8 Å². The fraction of sp³-hybridized carbons (Fsp3) is 0.438. The van der Waals surface area contributed by atoms with Crippen molar-refractivity contribution in [1.82, 2.24) is 45.1 Å². The Hall–Kier alpha value is -7.79. The van der Waals surface area contributed by atoms with Gasteiger partial charge in [0.1, 0.15) is 35.4 Å². The molecule has 21 nitrogen and oxygen atoms in total. The molecule has 9 rings (SSSR count). The first kappa shape index (κ1) is 62.7. The minimum Gasteiger partial charge on any atom is -0.457 e. The molecule has 4 aromatic carbocycles. The number of nitrogens with one attached hydrogen (secondary N) is 3. The number of halogens is 1. The van der Waals surface area contributed by atoms with E-state index in [4.69, 9.17) is 46.1 Å². The number of ether oxygens (including phenoxy) is 5. The predicted molar refractivity (Wildman–Crippen MR) is 328 cm³/mol. The van der Waals surface area contributed by atoms with Crippen LogP contribution in [0.5, 0.6) is 11.5 Å². The highest BCUT2D eigenvalue weighted by Gasteiger charge is 2.39. The lowest BCUT2D eigenvalue weighted by Crippen LogP contribution is -2.52. The normalized spacial score (nSPS) is 16.1. The number of fused-ring (bicyclic) bond motifs is 2. The van der Waals surface area contributed by atoms with Crippen molar-refractivity contribution in [2.75, 3.05) is 97.1 Å². The maximum atomic E-state index is 13.4. The Morgan fingerprint density at radius 2 is 1.52 bits per heavy atom. The minimum atomic E-state index is -0.679. The topological polar surface area (TPSA) is 247 Å². The Morgan fingerprint density at radius 3 is 2.29 bits per heavy atom. The number of carbonyl (C=O) groups is 5. The number of urea groups is 1. The fourth-order valence-corrected chi connectivity index (χ4v) is 11.1. The molecule has 1 unspecified atom stereocenters. The molecule has 86 heavy (non-hydrogen) atoms. The predicted octanol–water partition coefficient (Wildman–Crippen LogP) is 8.91. The molecule has 3 aliphatic rings. The van der Waals surface area contributed by atoms with Crippen molar-refractivity contribution in [1.29, 1.82) is 0 Å². The monoisotopic (exact) mass is 1200 g/mol. The minimum absolute atomic E-state index is 0.0347. The summed E-state index contributed by atoms with van der Waals surface area (Å²) in [7, 11) is 2.00. The largest absolute Gasteiger partial charge is 0.457 e. The van der Waals surface area contributed by atoms with Crippen molar-refractivity contribution in [3.8, 4) is 22.8 Å². The molecular formula is C64H78ClN11O10. The van der Waals surface area contributed by atoms with Gasteiger partial charge in [-0.3, -0.25) is 24.5 Å². The van der Waals surface area contributed by atoms with Gasteiger partial charge >= 0.3 is 6.03 Å². The maximum absolute atomic E-state index is 13.4. The summed E-state index contributed by atoms with van der Waals surface area (Å²) in [5, 5.41) is 14.4. The van der Waals surface area contributed by atoms with E-state index in [-0.39, 0.29) is 49.3 Å². The smallest absolute Gasteiger partial charge is 0.319 e. The van der Waals surface area contributed by atoms with E-state index >= 15 is 0 Å². The third kappa shape index (κ3) is 18.1. The molecule has 0 bridgehead atoms. The highest BCUT2D eigenvalue weighted by Crippen LogP contribution is 2.35. The molecule has 3 aliphatic heterocycles. The number of amides is 6. The molecule has 5 heterocycles. The molecule has 6 amide bonds. The Kier molecular flexibility index (Phi) is 23.4. The van der Waals surface area contributed by atoms with Crippen molar-refractivity contribution in [3.05, 3.63) is 137 Å². The molecule has 2 aromatic heterocycles. The first-order valence-electron chi connectivity index (χ1n) is 29.8. The van der Waals surface area contributed by atoms with Gasteiger partial charge in [-0.05, 0) is 123 Å². The van der Waals surface area contributed by atoms with E-state index in [1.807, 2.05) is 95.5 Å². The lowest BCUT2D eigenvalue weighted by Gasteiger charge is -2.32. The van der Waals surface area contributed by atoms with Crippen LogP contribution in [0.15, 0.2) is 109 Å². The zero-order chi connectivity index (χ0) is 60.0. The second kappa shape index (κ2) is 32.1. The van der Waals surface area contributed by atoms with Gasteiger partial charge in [-0.1, -0.05) is 73.7 Å². The fourth-order valence-electron chi connectivity index (χ4n) is 10.8. The van der Waals surface area contributed by atoms with Crippen LogP contribution >= 0.6 is 11.6 Å². The van der Waals surface area contributed by atoms with Gasteiger partial charge in [0, 0.05) is 80.2 Å². The van der Waals surface area contributed by atoms with Gasteiger partial charge in [-0.15, -0.1) is 0 Å². The van der Waals surface area contributed by atoms with Crippen LogP contribution < -0.4 is 26.4 Å². The number of likely N-dealkylation sites (N-methyl/N-ethyl adjacent to an activating group) is 1. The van der Waals surface area contributed by atoms with Gasteiger partial charge in [-0.2, -0.15) is 5.10 Å². The van der Waals surface area contributed by atoms with Gasteiger partial charge in [0.05, 0.1) is 57.7 Å². The van der Waals surface area contributed by atoms with E-state index in [0.29, 0.717) is 130 Å². The number of aryl methyl sites for hydroxylation is 1. The average Bonchev–Trinajstić information content (AvgIpc) is 1.95. The second-order valence-corrected chi connectivity index (χ2v) is 22.2. The van der Waals surface area contributed by atoms with Gasteiger partial charge in [0.25, 0.3) is 5.91 Å². The van der Waals surface area contributed by atoms with Crippen LogP contribution in [0.25, 0.3) is 22.3 Å². The van der Waals surface area contributed by atoms with Gasteiger partial charge < -0.3 is 54.8 Å². The van der Waals surface area contributed by atoms with Crippen LogP contribution in [-0.2, 0) is 52.8 Å². The Bertz CT molecular complexity index is 3270. The molecule has 2 fully saturated rings. The van der Waals surface area contributed by atoms with Crippen LogP contribution in [-0.4, -0.2) is 156 Å². The third-order valence-corrected chi connectivity index (χ3v) is 15.6. The number of nitrogen functional groups attached to an aromatic ring is 1. The Morgan fingerprint density at radius 1 is 0.802 bits per heavy atom. The first-order valence-corrected chi connectivity index (χ1v) is 30.2. The quantitative estimate of drug-likeness (QED) is 0.0175. The number of rotatable bonds is 32. The van der Waals surface area contributed by atoms with Crippen molar-refractivity contribution < 1.29 is 47.7 Å². The Balaban J connectivity index is 0.547. The number of hydrogen-bond donors (Lipinski definition) is 4. The summed E-state index contributed by atoms with van der Waals surface area (Å²) in [5.41, 5.74) is 12.4. The van der Waals surface area contributed by atoms with E-state index in [1.54, 1.807) is 24.3 Å². The molecule has 5 N–H and O–H groups in total. The number of nitrogens with two attached hydrogens (primary N) is 1. The summed E-state index contributed by atoms with van der Waals surface area (Å²) in [6, 6.07) is 27.2. The maximum Gasteiger partial charge on any atom is 0.319 e. The highest BCUT2D eigenvalue weighted by molar-refractivity contribution is 6.31. The number of para-hydroxylation sites is 1. The molecule has 2 atom stereocenters. The number of likely N-dealkylation sites (tertiary alicyclic amines) is 1. The van der Waals surface area contributed by atoms with Crippen LogP contribution in [0.1, 0.15) is 97.3 Å².